The molecule has 4 heteroatoms. The fourth-order valence-corrected chi connectivity index (χ4v) is 6.58. The highest BCUT2D eigenvalue weighted by molar-refractivity contribution is 6.10. The fraction of sp³-hybridized carbons (Fsp3) is 0.0833. The normalized spacial score (nSPS) is 13.4. The van der Waals surface area contributed by atoms with Crippen LogP contribution in [0.15, 0.2) is 128 Å². The van der Waals surface area contributed by atoms with Crippen molar-refractivity contribution in [2.75, 3.05) is 4.90 Å². The van der Waals surface area contributed by atoms with Crippen molar-refractivity contribution in [2.45, 2.75) is 19.3 Å². The number of anilines is 3. The van der Waals surface area contributed by atoms with Crippen LogP contribution in [0.3, 0.4) is 0 Å². The second kappa shape index (κ2) is 8.45. The molecule has 0 bridgehead atoms. The number of H-pyrrole nitrogens is 1. The van der Waals surface area contributed by atoms with Gasteiger partial charge in [-0.1, -0.05) is 80.6 Å². The number of para-hydroxylation sites is 2. The molecule has 0 unspecified atom stereocenters. The van der Waals surface area contributed by atoms with E-state index in [9.17, 15) is 0 Å². The Labute approximate surface area is 233 Å². The third kappa shape index (κ3) is 3.23. The number of fused-ring (bicyclic) bond motifs is 6. The maximum Gasteiger partial charge on any atom is 0.135 e. The zero-order chi connectivity index (χ0) is 26.8. The smallest absolute Gasteiger partial charge is 0.135 e. The first-order chi connectivity index (χ1) is 19.6. The highest BCUT2D eigenvalue weighted by atomic mass is 15.2. The predicted octanol–water partition coefficient (Wildman–Crippen LogP) is 9.28. The lowest BCUT2D eigenvalue weighted by molar-refractivity contribution is 0.660. The summed E-state index contributed by atoms with van der Waals surface area (Å²) < 4.78 is 2.35. The van der Waals surface area contributed by atoms with Crippen molar-refractivity contribution in [1.29, 1.82) is 0 Å². The Morgan fingerprint density at radius 2 is 1.35 bits per heavy atom. The number of aromatic nitrogens is 3. The van der Waals surface area contributed by atoms with Crippen molar-refractivity contribution < 1.29 is 0 Å². The van der Waals surface area contributed by atoms with E-state index in [4.69, 9.17) is 0 Å². The molecule has 192 valence electrons. The molecule has 7 aromatic rings. The van der Waals surface area contributed by atoms with Crippen LogP contribution in [0, 0.1) is 0 Å². The molecule has 1 N–H and O–H groups in total. The van der Waals surface area contributed by atoms with Gasteiger partial charge < -0.3 is 9.55 Å². The molecular weight excluding hydrogens is 488 g/mol. The molecule has 2 heterocycles. The SMILES string of the molecule is CC1(C)c2ccccc2-c2ccc(N(c3ccc4c(c3)c3ccccc3n4-c3ccccc3)c3cnc[nH]3)cc21. The van der Waals surface area contributed by atoms with Gasteiger partial charge in [0.25, 0.3) is 0 Å². The van der Waals surface area contributed by atoms with Crippen molar-refractivity contribution in [3.63, 3.8) is 0 Å². The van der Waals surface area contributed by atoms with Crippen molar-refractivity contribution in [1.82, 2.24) is 14.5 Å². The van der Waals surface area contributed by atoms with E-state index in [1.165, 1.54) is 44.1 Å². The standard InChI is InChI=1S/C36H28N4/c1-36(2)31-14-8-6-12-27(31)28-18-16-26(21-32(28)36)39(35-22-37-23-38-35)25-17-19-34-30(20-25)29-13-7-9-15-33(29)40(34)24-10-4-3-5-11-24/h3-23H,1-2H3,(H,37,38). The Morgan fingerprint density at radius 1 is 0.650 bits per heavy atom. The number of rotatable bonds is 4. The predicted molar refractivity (Wildman–Crippen MR) is 165 cm³/mol. The van der Waals surface area contributed by atoms with Gasteiger partial charge in [0.2, 0.25) is 0 Å². The summed E-state index contributed by atoms with van der Waals surface area (Å²) in [7, 11) is 0. The van der Waals surface area contributed by atoms with E-state index in [0.29, 0.717) is 0 Å². The average molecular weight is 517 g/mol. The minimum Gasteiger partial charge on any atom is -0.331 e. The molecule has 2 aromatic heterocycles. The van der Waals surface area contributed by atoms with Gasteiger partial charge in [0.15, 0.2) is 0 Å². The van der Waals surface area contributed by atoms with Gasteiger partial charge in [0.05, 0.1) is 23.6 Å². The second-order valence-electron chi connectivity index (χ2n) is 11.1. The van der Waals surface area contributed by atoms with Gasteiger partial charge in [-0.25, -0.2) is 4.98 Å². The number of aromatic amines is 1. The van der Waals surface area contributed by atoms with E-state index < -0.39 is 0 Å². The summed E-state index contributed by atoms with van der Waals surface area (Å²) >= 11 is 0. The number of benzene rings is 5. The van der Waals surface area contributed by atoms with E-state index in [0.717, 1.165) is 22.9 Å². The van der Waals surface area contributed by atoms with Gasteiger partial charge in [-0.2, -0.15) is 0 Å². The first-order valence-electron chi connectivity index (χ1n) is 13.7. The van der Waals surface area contributed by atoms with Crippen molar-refractivity contribution >= 4 is 39.0 Å². The molecule has 0 amide bonds. The monoisotopic (exact) mass is 516 g/mol. The Bertz CT molecular complexity index is 2030. The molecule has 0 spiro atoms. The summed E-state index contributed by atoms with van der Waals surface area (Å²) in [4.78, 5) is 10.0. The van der Waals surface area contributed by atoms with Gasteiger partial charge in [-0.15, -0.1) is 0 Å². The van der Waals surface area contributed by atoms with Gasteiger partial charge >= 0.3 is 0 Å². The quantitative estimate of drug-likeness (QED) is 0.253. The molecule has 1 aliphatic rings. The number of hydrogen-bond acceptors (Lipinski definition) is 2. The second-order valence-corrected chi connectivity index (χ2v) is 11.1. The van der Waals surface area contributed by atoms with Crippen LogP contribution in [0.1, 0.15) is 25.0 Å². The number of hydrogen-bond donors (Lipinski definition) is 1. The van der Waals surface area contributed by atoms with Crippen LogP contribution < -0.4 is 4.90 Å². The molecule has 8 rings (SSSR count). The minimum absolute atomic E-state index is 0.0747. The van der Waals surface area contributed by atoms with Gasteiger partial charge in [-0.05, 0) is 70.8 Å². The zero-order valence-electron chi connectivity index (χ0n) is 22.5. The summed E-state index contributed by atoms with van der Waals surface area (Å²) in [5.41, 5.74) is 11.0. The lowest BCUT2D eigenvalue weighted by Gasteiger charge is -2.27. The highest BCUT2D eigenvalue weighted by Gasteiger charge is 2.35. The Morgan fingerprint density at radius 3 is 2.20 bits per heavy atom. The molecule has 40 heavy (non-hydrogen) atoms. The molecule has 0 atom stereocenters. The Kier molecular flexibility index (Phi) is 4.83. The third-order valence-electron chi connectivity index (χ3n) is 8.48. The van der Waals surface area contributed by atoms with Crippen LogP contribution >= 0.6 is 0 Å². The van der Waals surface area contributed by atoms with Gasteiger partial charge in [0.1, 0.15) is 5.82 Å². The van der Waals surface area contributed by atoms with Crippen molar-refractivity contribution in [3.8, 4) is 16.8 Å². The Balaban J connectivity index is 1.34. The summed E-state index contributed by atoms with van der Waals surface area (Å²) in [5, 5.41) is 2.45. The van der Waals surface area contributed by atoms with Gasteiger partial charge in [-0.3, -0.25) is 4.90 Å². The lowest BCUT2D eigenvalue weighted by Crippen LogP contribution is -2.16. The number of nitrogens with one attached hydrogen (secondary N) is 1. The van der Waals surface area contributed by atoms with E-state index in [1.54, 1.807) is 6.33 Å². The molecule has 0 saturated carbocycles. The van der Waals surface area contributed by atoms with Crippen molar-refractivity contribution in [3.05, 3.63) is 139 Å². The van der Waals surface area contributed by atoms with E-state index in [-0.39, 0.29) is 5.41 Å². The molecule has 0 aliphatic heterocycles. The van der Waals surface area contributed by atoms with Crippen LogP contribution in [0.4, 0.5) is 17.2 Å². The largest absolute Gasteiger partial charge is 0.331 e. The molecular formula is C36H28N4. The van der Waals surface area contributed by atoms with E-state index in [2.05, 4.69) is 149 Å². The number of nitrogens with zero attached hydrogens (tertiary/aromatic N) is 3. The highest BCUT2D eigenvalue weighted by Crippen LogP contribution is 2.50. The van der Waals surface area contributed by atoms with Crippen LogP contribution in [-0.2, 0) is 5.41 Å². The Hall–Kier alpha value is -5.09. The van der Waals surface area contributed by atoms with Crippen LogP contribution in [0.25, 0.3) is 38.6 Å². The number of imidazole rings is 1. The first kappa shape index (κ1) is 22.9. The molecule has 0 fully saturated rings. The fourth-order valence-electron chi connectivity index (χ4n) is 6.58. The molecule has 0 saturated heterocycles. The van der Waals surface area contributed by atoms with Gasteiger partial charge in [0, 0.05) is 33.2 Å². The molecule has 4 nitrogen and oxygen atoms in total. The summed E-state index contributed by atoms with van der Waals surface area (Å²) in [6.07, 6.45) is 3.64. The molecule has 1 aliphatic carbocycles. The van der Waals surface area contributed by atoms with Crippen LogP contribution in [-0.4, -0.2) is 14.5 Å². The summed E-state index contributed by atoms with van der Waals surface area (Å²) in [5.74, 6) is 0.930. The lowest BCUT2D eigenvalue weighted by atomic mass is 9.82. The maximum absolute atomic E-state index is 4.38. The zero-order valence-corrected chi connectivity index (χ0v) is 22.5. The third-order valence-corrected chi connectivity index (χ3v) is 8.48. The first-order valence-corrected chi connectivity index (χ1v) is 13.7. The molecule has 0 radical (unpaired) electrons. The molecule has 5 aromatic carbocycles. The van der Waals surface area contributed by atoms with Crippen LogP contribution in [0.2, 0.25) is 0 Å². The summed E-state index contributed by atoms with van der Waals surface area (Å²) in [6, 6.07) is 41.7. The average Bonchev–Trinajstić information content (AvgIpc) is 3.69. The minimum atomic E-state index is -0.0747. The van der Waals surface area contributed by atoms with E-state index in [1.807, 2.05) is 6.20 Å². The van der Waals surface area contributed by atoms with Crippen molar-refractivity contribution in [2.24, 2.45) is 0 Å². The summed E-state index contributed by atoms with van der Waals surface area (Å²) in [6.45, 7) is 4.65. The van der Waals surface area contributed by atoms with Crippen LogP contribution in [0.5, 0.6) is 0 Å². The maximum atomic E-state index is 4.38. The van der Waals surface area contributed by atoms with E-state index >= 15 is 0 Å². The topological polar surface area (TPSA) is 36.9 Å².